The monoisotopic (exact) mass is 403 g/mol. The summed E-state index contributed by atoms with van der Waals surface area (Å²) in [4.78, 5) is -1.21. The zero-order valence-corrected chi connectivity index (χ0v) is 14.6. The highest BCUT2D eigenvalue weighted by Crippen LogP contribution is 2.41. The second kappa shape index (κ2) is 6.72. The zero-order valence-electron chi connectivity index (χ0n) is 13.8. The van der Waals surface area contributed by atoms with E-state index in [1.165, 1.54) is 12.1 Å². The lowest BCUT2D eigenvalue weighted by molar-refractivity contribution is -0.137. The molecule has 0 heterocycles. The predicted molar refractivity (Wildman–Crippen MR) is 89.8 cm³/mol. The molecular weight excluding hydrogens is 389 g/mol. The molecule has 9 heteroatoms. The van der Waals surface area contributed by atoms with Crippen LogP contribution in [0, 0.1) is 11.6 Å². The molecule has 27 heavy (non-hydrogen) atoms. The van der Waals surface area contributed by atoms with E-state index < -0.39 is 38.3 Å². The number of halogens is 5. The lowest BCUT2D eigenvalue weighted by Gasteiger charge is -2.12. The average molecular weight is 403 g/mol. The maximum atomic E-state index is 14.1. The molecule has 0 unspecified atom stereocenters. The molecule has 3 nitrogen and oxygen atoms in total. The van der Waals surface area contributed by atoms with Crippen molar-refractivity contribution < 1.29 is 30.4 Å². The van der Waals surface area contributed by atoms with Crippen LogP contribution in [0.1, 0.15) is 36.0 Å². The molecule has 0 bridgehead atoms. The van der Waals surface area contributed by atoms with Crippen LogP contribution in [0.15, 0.2) is 41.3 Å². The highest BCUT2D eigenvalue weighted by atomic mass is 32.2. The second-order valence-corrected chi connectivity index (χ2v) is 7.70. The first-order chi connectivity index (χ1) is 12.5. The van der Waals surface area contributed by atoms with Crippen LogP contribution in [0.3, 0.4) is 0 Å². The number of allylic oxidation sites excluding steroid dienone is 2. The number of rotatable bonds is 3. The predicted octanol–water partition coefficient (Wildman–Crippen LogP) is 4.73. The van der Waals surface area contributed by atoms with Gasteiger partial charge in [0, 0.05) is 0 Å². The molecule has 0 atom stereocenters. The maximum absolute atomic E-state index is 14.1. The smallest absolute Gasteiger partial charge is 0.224 e. The van der Waals surface area contributed by atoms with Crippen molar-refractivity contribution in [2.45, 2.75) is 30.3 Å². The summed E-state index contributed by atoms with van der Waals surface area (Å²) in [6, 6.07) is 6.29. The lowest BCUT2D eigenvalue weighted by Crippen LogP contribution is -2.16. The summed E-state index contributed by atoms with van der Waals surface area (Å²) in [5, 5.41) is 4.82. The lowest BCUT2D eigenvalue weighted by atomic mass is 9.96. The van der Waals surface area contributed by atoms with Crippen molar-refractivity contribution in [1.82, 2.24) is 0 Å². The maximum Gasteiger partial charge on any atom is 0.416 e. The summed E-state index contributed by atoms with van der Waals surface area (Å²) in [7, 11) is -4.56. The molecule has 0 fully saturated rings. The topological polar surface area (TPSA) is 60.2 Å². The molecular formula is C18H14F5NO2S. The van der Waals surface area contributed by atoms with Gasteiger partial charge in [0.05, 0.1) is 5.56 Å². The van der Waals surface area contributed by atoms with Crippen molar-refractivity contribution >= 4 is 21.2 Å². The number of alkyl halides is 3. The Bertz CT molecular complexity index is 1000. The third kappa shape index (κ3) is 3.89. The Morgan fingerprint density at radius 3 is 1.78 bits per heavy atom. The Morgan fingerprint density at radius 2 is 1.33 bits per heavy atom. The summed E-state index contributed by atoms with van der Waals surface area (Å²) in [6.45, 7) is 0. The van der Waals surface area contributed by atoms with E-state index in [0.29, 0.717) is 36.0 Å². The van der Waals surface area contributed by atoms with Gasteiger partial charge in [-0.25, -0.2) is 22.3 Å². The van der Waals surface area contributed by atoms with Crippen LogP contribution in [-0.4, -0.2) is 8.42 Å². The van der Waals surface area contributed by atoms with Crippen molar-refractivity contribution in [3.8, 4) is 0 Å². The van der Waals surface area contributed by atoms with Gasteiger partial charge in [-0.15, -0.1) is 0 Å². The minimum absolute atomic E-state index is 0.143. The summed E-state index contributed by atoms with van der Waals surface area (Å²) >= 11 is 0. The van der Waals surface area contributed by atoms with Crippen molar-refractivity contribution in [1.29, 1.82) is 0 Å². The minimum Gasteiger partial charge on any atom is -0.224 e. The van der Waals surface area contributed by atoms with E-state index in [9.17, 15) is 30.4 Å². The summed E-state index contributed by atoms with van der Waals surface area (Å²) in [5.74, 6) is -2.61. The third-order valence-corrected chi connectivity index (χ3v) is 5.37. The van der Waals surface area contributed by atoms with Gasteiger partial charge in [0.25, 0.3) is 0 Å². The largest absolute Gasteiger partial charge is 0.416 e. The Kier molecular flexibility index (Phi) is 4.85. The normalized spacial score (nSPS) is 15.5. The third-order valence-electron chi connectivity index (χ3n) is 4.41. The van der Waals surface area contributed by atoms with E-state index in [-0.39, 0.29) is 5.56 Å². The van der Waals surface area contributed by atoms with Gasteiger partial charge in [-0.2, -0.15) is 13.2 Å². The Balaban J connectivity index is 2.08. The Hall–Kier alpha value is -2.26. The van der Waals surface area contributed by atoms with E-state index in [1.54, 1.807) is 0 Å². The minimum atomic E-state index is -4.56. The summed E-state index contributed by atoms with van der Waals surface area (Å²) in [6.07, 6.45) is -2.81. The molecule has 0 aliphatic heterocycles. The fourth-order valence-corrected chi connectivity index (χ4v) is 3.91. The van der Waals surface area contributed by atoms with Gasteiger partial charge < -0.3 is 0 Å². The summed E-state index contributed by atoms with van der Waals surface area (Å²) in [5.41, 5.74) is 1.11. The molecule has 2 aromatic carbocycles. The Morgan fingerprint density at radius 1 is 0.852 bits per heavy atom. The highest BCUT2D eigenvalue weighted by Gasteiger charge is 2.30. The van der Waals surface area contributed by atoms with Gasteiger partial charge in [-0.1, -0.05) is 12.1 Å². The van der Waals surface area contributed by atoms with E-state index in [4.69, 9.17) is 5.14 Å². The highest BCUT2D eigenvalue weighted by molar-refractivity contribution is 7.89. The van der Waals surface area contributed by atoms with Gasteiger partial charge in [-0.3, -0.25) is 0 Å². The SMILES string of the molecule is NS(=O)(=O)c1c(F)cc(C2=C(c3ccc(C(F)(F)F)cc3)CCC2)cc1F. The quantitative estimate of drug-likeness (QED) is 0.754. The molecule has 2 N–H and O–H groups in total. The molecule has 144 valence electrons. The molecule has 1 aliphatic carbocycles. The van der Waals surface area contributed by atoms with Crippen LogP contribution in [0.4, 0.5) is 22.0 Å². The van der Waals surface area contributed by atoms with Crippen LogP contribution < -0.4 is 5.14 Å². The average Bonchev–Trinajstić information content (AvgIpc) is 3.01. The van der Waals surface area contributed by atoms with Crippen LogP contribution >= 0.6 is 0 Å². The molecule has 0 saturated carbocycles. The summed E-state index contributed by atoms with van der Waals surface area (Å²) < 4.78 is 89.0. The van der Waals surface area contributed by atoms with E-state index in [2.05, 4.69) is 0 Å². The number of primary sulfonamides is 1. The molecule has 0 amide bonds. The number of sulfonamides is 1. The molecule has 0 aromatic heterocycles. The van der Waals surface area contributed by atoms with Crippen LogP contribution in [0.2, 0.25) is 0 Å². The van der Waals surface area contributed by atoms with Crippen molar-refractivity contribution in [3.63, 3.8) is 0 Å². The van der Waals surface area contributed by atoms with Gasteiger partial charge in [0.15, 0.2) is 4.90 Å². The first-order valence-electron chi connectivity index (χ1n) is 7.90. The van der Waals surface area contributed by atoms with Gasteiger partial charge in [0.1, 0.15) is 11.6 Å². The number of benzene rings is 2. The fraction of sp³-hybridized carbons (Fsp3) is 0.222. The van der Waals surface area contributed by atoms with Gasteiger partial charge >= 0.3 is 6.18 Å². The van der Waals surface area contributed by atoms with Crippen molar-refractivity contribution in [2.24, 2.45) is 5.14 Å². The number of hydrogen-bond acceptors (Lipinski definition) is 2. The number of nitrogens with two attached hydrogens (primary N) is 1. The fourth-order valence-electron chi connectivity index (χ4n) is 3.25. The van der Waals surface area contributed by atoms with Crippen LogP contribution in [0.25, 0.3) is 11.1 Å². The molecule has 0 radical (unpaired) electrons. The first-order valence-corrected chi connectivity index (χ1v) is 9.45. The molecule has 2 aromatic rings. The van der Waals surface area contributed by atoms with Gasteiger partial charge in [0.2, 0.25) is 10.0 Å². The zero-order chi connectivity index (χ0) is 20.0. The molecule has 1 aliphatic rings. The Labute approximate surface area is 152 Å². The van der Waals surface area contributed by atoms with Gasteiger partial charge in [-0.05, 0) is 65.8 Å². The molecule has 0 spiro atoms. The van der Waals surface area contributed by atoms with Crippen LogP contribution in [0.5, 0.6) is 0 Å². The van der Waals surface area contributed by atoms with E-state index >= 15 is 0 Å². The van der Waals surface area contributed by atoms with E-state index in [1.807, 2.05) is 0 Å². The van der Waals surface area contributed by atoms with E-state index in [0.717, 1.165) is 24.3 Å². The van der Waals surface area contributed by atoms with Crippen LogP contribution in [-0.2, 0) is 16.2 Å². The van der Waals surface area contributed by atoms with Crippen molar-refractivity contribution in [3.05, 3.63) is 64.7 Å². The number of hydrogen-bond donors (Lipinski definition) is 1. The van der Waals surface area contributed by atoms with Crippen molar-refractivity contribution in [2.75, 3.05) is 0 Å². The molecule has 0 saturated heterocycles. The first kappa shape index (κ1) is 19.5. The standard InChI is InChI=1S/C18H14F5NO2S/c19-15-8-11(9-16(20)17(15)27(24,25)26)14-3-1-2-13(14)10-4-6-12(7-5-10)18(21,22)23/h4-9H,1-3H2,(H2,24,25,26). The molecule has 3 rings (SSSR count). The second-order valence-electron chi connectivity index (χ2n) is 6.20.